The molecule has 98 valence electrons. The molecule has 0 unspecified atom stereocenters. The first kappa shape index (κ1) is 13.4. The molecule has 0 heterocycles. The molecule has 4 heteroatoms. The average Bonchev–Trinajstić information content (AvgIpc) is 2.41. The highest BCUT2D eigenvalue weighted by atomic mass is 35.5. The Labute approximate surface area is 117 Å². The minimum absolute atomic E-state index is 0.554. The van der Waals surface area contributed by atoms with E-state index in [0.717, 1.165) is 11.3 Å². The molecular formula is C15H15ClN2O. The summed E-state index contributed by atoms with van der Waals surface area (Å²) in [6, 6.07) is 13.6. The van der Waals surface area contributed by atoms with Gasteiger partial charge in [0.25, 0.3) is 0 Å². The van der Waals surface area contributed by atoms with Crippen LogP contribution in [0.5, 0.6) is 5.75 Å². The third-order valence-corrected chi connectivity index (χ3v) is 2.93. The van der Waals surface area contributed by atoms with Gasteiger partial charge in [0, 0.05) is 0 Å². The maximum absolute atomic E-state index is 6.03. The molecular weight excluding hydrogens is 260 g/mol. The molecule has 0 bridgehead atoms. The van der Waals surface area contributed by atoms with Gasteiger partial charge in [-0.2, -0.15) is 5.10 Å². The fourth-order valence-corrected chi connectivity index (χ4v) is 1.83. The van der Waals surface area contributed by atoms with E-state index in [1.54, 1.807) is 25.5 Å². The van der Waals surface area contributed by atoms with E-state index in [9.17, 15) is 0 Å². The van der Waals surface area contributed by atoms with Gasteiger partial charge in [0.05, 0.1) is 24.0 Å². The van der Waals surface area contributed by atoms with Crippen LogP contribution in [0.3, 0.4) is 0 Å². The van der Waals surface area contributed by atoms with Gasteiger partial charge in [-0.05, 0) is 30.7 Å². The van der Waals surface area contributed by atoms with Crippen LogP contribution < -0.4 is 10.2 Å². The van der Waals surface area contributed by atoms with Gasteiger partial charge < -0.3 is 4.74 Å². The summed E-state index contributed by atoms with van der Waals surface area (Å²) in [6.45, 7) is 2.05. The van der Waals surface area contributed by atoms with E-state index < -0.39 is 0 Å². The number of hydrogen-bond donors (Lipinski definition) is 1. The molecule has 0 aliphatic carbocycles. The summed E-state index contributed by atoms with van der Waals surface area (Å²) in [5.41, 5.74) is 6.01. The van der Waals surface area contributed by atoms with Crippen LogP contribution in [0, 0.1) is 6.92 Å². The zero-order valence-corrected chi connectivity index (χ0v) is 11.6. The molecule has 0 fully saturated rings. The van der Waals surface area contributed by atoms with Crippen LogP contribution in [0.4, 0.5) is 5.69 Å². The van der Waals surface area contributed by atoms with Gasteiger partial charge in [-0.3, -0.25) is 5.43 Å². The average molecular weight is 275 g/mol. The van der Waals surface area contributed by atoms with Gasteiger partial charge in [-0.15, -0.1) is 0 Å². The van der Waals surface area contributed by atoms with Gasteiger partial charge in [0.15, 0.2) is 0 Å². The number of aryl methyl sites for hydroxylation is 1. The predicted octanol–water partition coefficient (Wildman–Crippen LogP) is 4.10. The van der Waals surface area contributed by atoms with E-state index >= 15 is 0 Å². The Hall–Kier alpha value is -2.00. The summed E-state index contributed by atoms with van der Waals surface area (Å²) >= 11 is 6.03. The highest BCUT2D eigenvalue weighted by Gasteiger charge is 2.00. The summed E-state index contributed by atoms with van der Waals surface area (Å²) in [5, 5.41) is 4.72. The summed E-state index contributed by atoms with van der Waals surface area (Å²) in [7, 11) is 1.59. The molecule has 0 saturated carbocycles. The number of nitrogens with zero attached hydrogens (tertiary/aromatic N) is 1. The minimum atomic E-state index is 0.554. The Morgan fingerprint density at radius 3 is 2.53 bits per heavy atom. The highest BCUT2D eigenvalue weighted by Crippen LogP contribution is 2.27. The summed E-state index contributed by atoms with van der Waals surface area (Å²) in [6.07, 6.45) is 1.76. The second-order valence-corrected chi connectivity index (χ2v) is 4.54. The van der Waals surface area contributed by atoms with Crippen molar-refractivity contribution in [2.75, 3.05) is 12.5 Å². The normalized spacial score (nSPS) is 10.7. The largest absolute Gasteiger partial charge is 0.495 e. The Morgan fingerprint density at radius 2 is 1.89 bits per heavy atom. The van der Waals surface area contributed by atoms with Crippen molar-refractivity contribution >= 4 is 23.5 Å². The molecule has 19 heavy (non-hydrogen) atoms. The lowest BCUT2D eigenvalue weighted by atomic mass is 10.2. The van der Waals surface area contributed by atoms with Crippen molar-refractivity contribution in [2.24, 2.45) is 5.10 Å². The zero-order chi connectivity index (χ0) is 13.7. The smallest absolute Gasteiger partial charge is 0.137 e. The number of rotatable bonds is 4. The van der Waals surface area contributed by atoms with Crippen molar-refractivity contribution in [3.63, 3.8) is 0 Å². The lowest BCUT2D eigenvalue weighted by Gasteiger charge is -2.05. The lowest BCUT2D eigenvalue weighted by Crippen LogP contribution is -1.91. The Balaban J connectivity index is 2.02. The quantitative estimate of drug-likeness (QED) is 0.673. The Kier molecular flexibility index (Phi) is 4.42. The number of halogens is 1. The molecule has 0 spiro atoms. The second kappa shape index (κ2) is 6.25. The van der Waals surface area contributed by atoms with Crippen LogP contribution in [0.1, 0.15) is 11.1 Å². The van der Waals surface area contributed by atoms with Gasteiger partial charge in [0.1, 0.15) is 5.75 Å². The van der Waals surface area contributed by atoms with Gasteiger partial charge in [-0.1, -0.05) is 41.4 Å². The topological polar surface area (TPSA) is 33.6 Å². The molecule has 2 rings (SSSR count). The van der Waals surface area contributed by atoms with Crippen molar-refractivity contribution in [2.45, 2.75) is 6.92 Å². The molecule has 0 aromatic heterocycles. The maximum atomic E-state index is 6.03. The van der Waals surface area contributed by atoms with E-state index in [-0.39, 0.29) is 0 Å². The third kappa shape index (κ3) is 3.73. The fraction of sp³-hybridized carbons (Fsp3) is 0.133. The van der Waals surface area contributed by atoms with Crippen LogP contribution in [0.15, 0.2) is 47.6 Å². The maximum Gasteiger partial charge on any atom is 0.137 e. The van der Waals surface area contributed by atoms with Crippen molar-refractivity contribution in [3.8, 4) is 5.75 Å². The molecule has 3 nitrogen and oxygen atoms in total. The van der Waals surface area contributed by atoms with E-state index in [1.807, 2.05) is 30.3 Å². The summed E-state index contributed by atoms with van der Waals surface area (Å²) in [4.78, 5) is 0. The molecule has 1 N–H and O–H groups in total. The van der Waals surface area contributed by atoms with E-state index in [2.05, 4.69) is 17.5 Å². The third-order valence-electron chi connectivity index (χ3n) is 2.64. The van der Waals surface area contributed by atoms with E-state index in [1.165, 1.54) is 5.56 Å². The second-order valence-electron chi connectivity index (χ2n) is 4.13. The first-order valence-electron chi connectivity index (χ1n) is 5.88. The molecule has 0 saturated heterocycles. The SMILES string of the molecule is COc1ccc(N/N=C/c2ccc(C)cc2)cc1Cl. The molecule has 0 radical (unpaired) electrons. The lowest BCUT2D eigenvalue weighted by molar-refractivity contribution is 0.415. The summed E-state index contributed by atoms with van der Waals surface area (Å²) < 4.78 is 5.09. The van der Waals surface area contributed by atoms with Crippen LogP contribution in [-0.2, 0) is 0 Å². The zero-order valence-electron chi connectivity index (χ0n) is 10.9. The van der Waals surface area contributed by atoms with Crippen molar-refractivity contribution in [3.05, 3.63) is 58.6 Å². The van der Waals surface area contributed by atoms with Crippen LogP contribution >= 0.6 is 11.6 Å². The van der Waals surface area contributed by atoms with Crippen LogP contribution in [0.25, 0.3) is 0 Å². The summed E-state index contributed by atoms with van der Waals surface area (Å²) in [5.74, 6) is 0.648. The number of hydrazone groups is 1. The monoisotopic (exact) mass is 274 g/mol. The Bertz CT molecular complexity index is 579. The standard InChI is InChI=1S/C15H15ClN2O/c1-11-3-5-12(6-4-11)10-17-18-13-7-8-15(19-2)14(16)9-13/h3-10,18H,1-2H3/b17-10+. The molecule has 0 amide bonds. The van der Waals surface area contributed by atoms with Crippen LogP contribution in [0.2, 0.25) is 5.02 Å². The van der Waals surface area contributed by atoms with E-state index in [0.29, 0.717) is 10.8 Å². The first-order valence-corrected chi connectivity index (χ1v) is 6.26. The molecule has 0 aliphatic heterocycles. The van der Waals surface area contributed by atoms with Crippen molar-refractivity contribution < 1.29 is 4.74 Å². The molecule has 0 aliphatic rings. The first-order chi connectivity index (χ1) is 9.19. The number of ether oxygens (including phenoxy) is 1. The van der Waals surface area contributed by atoms with Crippen LogP contribution in [-0.4, -0.2) is 13.3 Å². The highest BCUT2D eigenvalue weighted by molar-refractivity contribution is 6.32. The fourth-order valence-electron chi connectivity index (χ4n) is 1.57. The van der Waals surface area contributed by atoms with Gasteiger partial charge in [-0.25, -0.2) is 0 Å². The Morgan fingerprint density at radius 1 is 1.16 bits per heavy atom. The van der Waals surface area contributed by atoms with Crippen molar-refractivity contribution in [1.29, 1.82) is 0 Å². The van der Waals surface area contributed by atoms with Crippen molar-refractivity contribution in [1.82, 2.24) is 0 Å². The van der Waals surface area contributed by atoms with Gasteiger partial charge >= 0.3 is 0 Å². The van der Waals surface area contributed by atoms with E-state index in [4.69, 9.17) is 16.3 Å². The van der Waals surface area contributed by atoms with Gasteiger partial charge in [0.2, 0.25) is 0 Å². The molecule has 2 aromatic rings. The number of nitrogens with one attached hydrogen (secondary N) is 1. The predicted molar refractivity (Wildman–Crippen MR) is 80.4 cm³/mol. The number of anilines is 1. The molecule has 2 aromatic carbocycles. The number of methoxy groups -OCH3 is 1. The minimum Gasteiger partial charge on any atom is -0.495 e. The number of hydrogen-bond acceptors (Lipinski definition) is 3. The number of benzene rings is 2. The molecule has 0 atom stereocenters.